The topological polar surface area (TPSA) is 29.4 Å². The minimum atomic E-state index is -0.213. The minimum absolute atomic E-state index is 0.213. The predicted octanol–water partition coefficient (Wildman–Crippen LogP) is 0.0306. The Hall–Kier alpha value is -0.920. The summed E-state index contributed by atoms with van der Waals surface area (Å²) in [4.78, 5) is 13.2. The van der Waals surface area contributed by atoms with Gasteiger partial charge in [0.2, 0.25) is 0 Å². The van der Waals surface area contributed by atoms with E-state index in [-0.39, 0.29) is 5.91 Å². The zero-order valence-corrected chi connectivity index (χ0v) is 3.01. The van der Waals surface area contributed by atoms with Crippen LogP contribution in [0.3, 0.4) is 0 Å². The van der Waals surface area contributed by atoms with Gasteiger partial charge in [0.1, 0.15) is 5.91 Å². The molecule has 0 saturated carbocycles. The first-order chi connectivity index (χ1) is 2.89. The lowest BCUT2D eigenvalue weighted by Gasteiger charge is -1.77. The fourth-order valence-electron chi connectivity index (χ4n) is 0.247. The molecule has 0 atom stereocenters. The molecule has 0 N–H and O–H groups in total. The van der Waals surface area contributed by atoms with Crippen molar-refractivity contribution in [1.82, 2.24) is 0 Å². The van der Waals surface area contributed by atoms with Crippen molar-refractivity contribution in [2.24, 2.45) is 4.99 Å². The summed E-state index contributed by atoms with van der Waals surface area (Å²) < 4.78 is 0. The van der Waals surface area contributed by atoms with Crippen molar-refractivity contribution in [3.8, 4) is 0 Å². The highest BCUT2D eigenvalue weighted by atomic mass is 16.1. The van der Waals surface area contributed by atoms with E-state index in [0.29, 0.717) is 0 Å². The number of hydrogen-bond donors (Lipinski definition) is 0. The van der Waals surface area contributed by atoms with E-state index >= 15 is 0 Å². The number of aliphatic imine (C=N–C) groups is 1. The molecule has 0 spiro atoms. The van der Waals surface area contributed by atoms with Crippen LogP contribution in [-0.2, 0) is 4.79 Å². The van der Waals surface area contributed by atoms with Gasteiger partial charge in [-0.15, -0.1) is 6.08 Å². The van der Waals surface area contributed by atoms with E-state index in [1.165, 1.54) is 12.2 Å². The number of rotatable bonds is 0. The summed E-state index contributed by atoms with van der Waals surface area (Å²) in [6.07, 6.45) is 5.22. The van der Waals surface area contributed by atoms with Gasteiger partial charge in [-0.25, -0.2) is 0 Å². The van der Waals surface area contributed by atoms with Crippen LogP contribution in [0.1, 0.15) is 0 Å². The number of carbonyl (C=O) groups is 1. The minimum Gasteiger partial charge on any atom is -0.361 e. The Morgan fingerprint density at radius 2 is 2.67 bits per heavy atom. The zero-order chi connectivity index (χ0) is 4.41. The molecular formula is C4H2NO-. The molecule has 0 saturated heterocycles. The van der Waals surface area contributed by atoms with Gasteiger partial charge < -0.3 is 9.79 Å². The normalized spacial score (nSPS) is 17.0. The molecule has 2 heteroatoms. The average Bonchev–Trinajstić information content (AvgIpc) is 1.86. The molecule has 0 bridgehead atoms. The van der Waals surface area contributed by atoms with E-state index in [0.717, 1.165) is 0 Å². The summed E-state index contributed by atoms with van der Waals surface area (Å²) in [6.45, 7) is 0. The molecule has 6 heavy (non-hydrogen) atoms. The molecule has 1 heterocycles. The highest BCUT2D eigenvalue weighted by Gasteiger charge is 1.75. The second-order valence-corrected chi connectivity index (χ2v) is 0.912. The van der Waals surface area contributed by atoms with Crippen LogP contribution in [-0.4, -0.2) is 12.1 Å². The molecule has 0 aromatic rings. The summed E-state index contributed by atoms with van der Waals surface area (Å²) in [5.74, 6) is -0.213. The Kier molecular flexibility index (Phi) is 0.572. The number of nitrogens with zero attached hydrogens (tertiary/aromatic N) is 1. The molecule has 1 rings (SSSR count). The predicted molar refractivity (Wildman–Crippen MR) is 21.6 cm³/mol. The maximum atomic E-state index is 9.93. The van der Waals surface area contributed by atoms with Crippen LogP contribution in [0.2, 0.25) is 0 Å². The second-order valence-electron chi connectivity index (χ2n) is 0.912. The molecule has 30 valence electrons. The van der Waals surface area contributed by atoms with Gasteiger partial charge in [0.05, 0.1) is 0 Å². The summed E-state index contributed by atoms with van der Waals surface area (Å²) in [5.41, 5.74) is 0. The Morgan fingerprint density at radius 1 is 1.83 bits per heavy atom. The van der Waals surface area contributed by atoms with Crippen LogP contribution in [0.5, 0.6) is 0 Å². The average molecular weight is 80.1 g/mol. The highest BCUT2D eigenvalue weighted by Crippen LogP contribution is 1.83. The maximum absolute atomic E-state index is 9.93. The van der Waals surface area contributed by atoms with Gasteiger partial charge in [0.25, 0.3) is 0 Å². The number of allylic oxidation sites excluding steroid dienone is 1. The largest absolute Gasteiger partial charge is 0.361 e. The van der Waals surface area contributed by atoms with Crippen LogP contribution >= 0.6 is 0 Å². The van der Waals surface area contributed by atoms with Gasteiger partial charge in [0, 0.05) is 0 Å². The van der Waals surface area contributed by atoms with Crippen LogP contribution in [0, 0.1) is 0 Å². The van der Waals surface area contributed by atoms with Crippen molar-refractivity contribution in [3.05, 3.63) is 12.2 Å². The zero-order valence-electron chi connectivity index (χ0n) is 3.01. The van der Waals surface area contributed by atoms with Gasteiger partial charge in [-0.1, -0.05) is 6.21 Å². The molecular weight excluding hydrogens is 78.0 g/mol. The van der Waals surface area contributed by atoms with Gasteiger partial charge in [-0.3, -0.25) is 0 Å². The third-order valence-corrected chi connectivity index (χ3v) is 0.475. The number of carbonyl (C=O) groups excluding carboxylic acids is 1. The molecule has 2 nitrogen and oxygen atoms in total. The molecule has 1 amide bonds. The van der Waals surface area contributed by atoms with Crippen molar-refractivity contribution in [1.29, 1.82) is 0 Å². The summed E-state index contributed by atoms with van der Waals surface area (Å²) in [5, 5.41) is 0. The van der Waals surface area contributed by atoms with Crippen LogP contribution in [0.25, 0.3) is 0 Å². The van der Waals surface area contributed by atoms with E-state index in [4.69, 9.17) is 0 Å². The molecule has 0 aliphatic carbocycles. The third kappa shape index (κ3) is 0.360. The van der Waals surface area contributed by atoms with Crippen LogP contribution < -0.4 is 0 Å². The lowest BCUT2D eigenvalue weighted by molar-refractivity contribution is -0.113. The maximum Gasteiger partial charge on any atom is 0.109 e. The first kappa shape index (κ1) is 3.28. The first-order valence-electron chi connectivity index (χ1n) is 1.56. The fourth-order valence-corrected chi connectivity index (χ4v) is 0.247. The van der Waals surface area contributed by atoms with Gasteiger partial charge in [0.15, 0.2) is 0 Å². The van der Waals surface area contributed by atoms with E-state index < -0.39 is 0 Å². The molecule has 1 aliphatic heterocycles. The van der Waals surface area contributed by atoms with Crippen molar-refractivity contribution < 1.29 is 4.79 Å². The monoisotopic (exact) mass is 80.0 g/mol. The standard InChI is InChI=1S/C4H2NO/c6-4-2-1-3-5-4/h1-2H/q-1. The summed E-state index contributed by atoms with van der Waals surface area (Å²) in [6, 6.07) is 0. The summed E-state index contributed by atoms with van der Waals surface area (Å²) >= 11 is 0. The van der Waals surface area contributed by atoms with Crippen molar-refractivity contribution >= 4 is 12.1 Å². The Bertz CT molecular complexity index is 110. The lowest BCUT2D eigenvalue weighted by atomic mass is 10.6. The Labute approximate surface area is 35.2 Å². The van der Waals surface area contributed by atoms with Crippen molar-refractivity contribution in [3.63, 3.8) is 0 Å². The summed E-state index contributed by atoms with van der Waals surface area (Å²) in [7, 11) is 0. The van der Waals surface area contributed by atoms with Crippen LogP contribution in [0.4, 0.5) is 0 Å². The van der Waals surface area contributed by atoms with E-state index in [2.05, 4.69) is 11.2 Å². The highest BCUT2D eigenvalue weighted by molar-refractivity contribution is 6.03. The lowest BCUT2D eigenvalue weighted by Crippen LogP contribution is -1.75. The van der Waals surface area contributed by atoms with Gasteiger partial charge in [-0.2, -0.15) is 6.08 Å². The number of hydrogen-bond acceptors (Lipinski definition) is 1. The van der Waals surface area contributed by atoms with Gasteiger partial charge >= 0.3 is 0 Å². The Balaban J connectivity index is 2.86. The molecule has 0 unspecified atom stereocenters. The molecule has 0 radical (unpaired) electrons. The second kappa shape index (κ2) is 1.05. The Morgan fingerprint density at radius 3 is 2.83 bits per heavy atom. The third-order valence-electron chi connectivity index (χ3n) is 0.475. The molecule has 0 fully saturated rings. The van der Waals surface area contributed by atoms with Gasteiger partial charge in [-0.05, 0) is 0 Å². The van der Waals surface area contributed by atoms with Crippen molar-refractivity contribution in [2.45, 2.75) is 0 Å². The number of amides is 1. The van der Waals surface area contributed by atoms with Crippen molar-refractivity contribution in [2.75, 3.05) is 0 Å². The van der Waals surface area contributed by atoms with E-state index in [1.807, 2.05) is 0 Å². The smallest absolute Gasteiger partial charge is 0.109 e. The molecule has 0 aromatic heterocycles. The van der Waals surface area contributed by atoms with Crippen LogP contribution in [0.15, 0.2) is 17.1 Å². The quantitative estimate of drug-likeness (QED) is 0.377. The molecule has 0 aromatic carbocycles. The molecule has 1 aliphatic rings. The first-order valence-corrected chi connectivity index (χ1v) is 1.56. The fraction of sp³-hybridized carbons (Fsp3) is 0. The SMILES string of the molecule is O=C1C=C[C-]=N1. The van der Waals surface area contributed by atoms with E-state index in [1.54, 1.807) is 0 Å². The van der Waals surface area contributed by atoms with E-state index in [9.17, 15) is 4.79 Å².